The lowest BCUT2D eigenvalue weighted by Gasteiger charge is -2.26. The second kappa shape index (κ2) is 6.91. The van der Waals surface area contributed by atoms with Crippen molar-refractivity contribution in [3.05, 3.63) is 35.4 Å². The highest BCUT2D eigenvalue weighted by Crippen LogP contribution is 2.30. The molecule has 1 saturated carbocycles. The summed E-state index contributed by atoms with van der Waals surface area (Å²) in [6.07, 6.45) is 5.65. The normalized spacial score (nSPS) is 17.4. The Morgan fingerprint density at radius 1 is 1.28 bits per heavy atom. The molecule has 2 heteroatoms. The van der Waals surface area contributed by atoms with E-state index in [9.17, 15) is 0 Å². The molecule has 1 atom stereocenters. The third-order valence-corrected chi connectivity index (χ3v) is 3.91. The molecule has 0 bridgehead atoms. The summed E-state index contributed by atoms with van der Waals surface area (Å²) in [5.74, 6) is 0.929. The van der Waals surface area contributed by atoms with E-state index in [2.05, 4.69) is 36.5 Å². The molecule has 1 aromatic rings. The minimum atomic E-state index is 0.190. The molecule has 1 aliphatic rings. The highest BCUT2D eigenvalue weighted by molar-refractivity contribution is 5.23. The Bertz CT molecular complexity index is 343. The maximum atomic E-state index is 6.05. The van der Waals surface area contributed by atoms with Gasteiger partial charge in [-0.25, -0.2) is 0 Å². The van der Waals surface area contributed by atoms with Gasteiger partial charge in [0.2, 0.25) is 0 Å². The Labute approximate surface area is 111 Å². The van der Waals surface area contributed by atoms with E-state index < -0.39 is 0 Å². The maximum Gasteiger partial charge on any atom is 0.0949 e. The molecule has 1 unspecified atom stereocenters. The van der Waals surface area contributed by atoms with Crippen molar-refractivity contribution in [2.24, 2.45) is 5.92 Å². The van der Waals surface area contributed by atoms with Crippen molar-refractivity contribution >= 4 is 0 Å². The van der Waals surface area contributed by atoms with Crippen LogP contribution in [0.15, 0.2) is 24.3 Å². The molecule has 0 aromatic heterocycles. The molecule has 0 saturated heterocycles. The number of aryl methyl sites for hydroxylation is 1. The predicted octanol–water partition coefficient (Wildman–Crippen LogP) is 3.46. The van der Waals surface area contributed by atoms with Gasteiger partial charge in [-0.1, -0.05) is 49.1 Å². The minimum Gasteiger partial charge on any atom is -0.372 e. The summed E-state index contributed by atoms with van der Waals surface area (Å²) >= 11 is 0. The van der Waals surface area contributed by atoms with Gasteiger partial charge in [-0.15, -0.1) is 0 Å². The van der Waals surface area contributed by atoms with Gasteiger partial charge in [-0.05, 0) is 31.9 Å². The van der Waals surface area contributed by atoms with Gasteiger partial charge < -0.3 is 10.1 Å². The SMILES string of the molecule is CNCC(OCCC1CCC1)c1ccc(C)cc1. The highest BCUT2D eigenvalue weighted by Gasteiger charge is 2.18. The fourth-order valence-corrected chi connectivity index (χ4v) is 2.40. The van der Waals surface area contributed by atoms with Gasteiger partial charge in [0.25, 0.3) is 0 Å². The Kier molecular flexibility index (Phi) is 5.21. The summed E-state index contributed by atoms with van der Waals surface area (Å²) in [4.78, 5) is 0. The van der Waals surface area contributed by atoms with Crippen LogP contribution < -0.4 is 5.32 Å². The number of hydrogen-bond donors (Lipinski definition) is 1. The summed E-state index contributed by atoms with van der Waals surface area (Å²) in [5, 5.41) is 3.22. The molecule has 18 heavy (non-hydrogen) atoms. The first-order valence-electron chi connectivity index (χ1n) is 7.12. The van der Waals surface area contributed by atoms with Crippen LogP contribution in [0.1, 0.15) is 42.9 Å². The Hall–Kier alpha value is -0.860. The topological polar surface area (TPSA) is 21.3 Å². The second-order valence-corrected chi connectivity index (χ2v) is 5.41. The van der Waals surface area contributed by atoms with Crippen LogP contribution in [0.25, 0.3) is 0 Å². The lowest BCUT2D eigenvalue weighted by Crippen LogP contribution is -2.21. The van der Waals surface area contributed by atoms with Gasteiger partial charge in [0, 0.05) is 13.2 Å². The third kappa shape index (κ3) is 3.82. The Balaban J connectivity index is 1.83. The average Bonchev–Trinajstić information content (AvgIpc) is 2.32. The minimum absolute atomic E-state index is 0.190. The molecule has 0 amide bonds. The fraction of sp³-hybridized carbons (Fsp3) is 0.625. The van der Waals surface area contributed by atoms with E-state index in [1.165, 1.54) is 36.8 Å². The van der Waals surface area contributed by atoms with Gasteiger partial charge in [0.15, 0.2) is 0 Å². The molecule has 0 spiro atoms. The first-order chi connectivity index (χ1) is 8.79. The Morgan fingerprint density at radius 2 is 2.00 bits per heavy atom. The zero-order valence-electron chi connectivity index (χ0n) is 11.6. The standard InChI is InChI=1S/C16H25NO/c1-13-6-8-15(9-7-13)16(12-17-2)18-11-10-14-4-3-5-14/h6-9,14,16-17H,3-5,10-12H2,1-2H3. The lowest BCUT2D eigenvalue weighted by molar-refractivity contribution is 0.0383. The first kappa shape index (κ1) is 13.6. The smallest absolute Gasteiger partial charge is 0.0949 e. The van der Waals surface area contributed by atoms with E-state index in [-0.39, 0.29) is 6.10 Å². The summed E-state index contributed by atoms with van der Waals surface area (Å²) < 4.78 is 6.05. The summed E-state index contributed by atoms with van der Waals surface area (Å²) in [6.45, 7) is 3.90. The Morgan fingerprint density at radius 3 is 2.56 bits per heavy atom. The molecule has 2 rings (SSSR count). The lowest BCUT2D eigenvalue weighted by atomic mass is 9.83. The van der Waals surface area contributed by atoms with Gasteiger partial charge in [-0.3, -0.25) is 0 Å². The van der Waals surface area contributed by atoms with E-state index in [0.717, 1.165) is 19.1 Å². The molecule has 2 nitrogen and oxygen atoms in total. The molecule has 1 fully saturated rings. The monoisotopic (exact) mass is 247 g/mol. The van der Waals surface area contributed by atoms with Crippen molar-refractivity contribution in [3.8, 4) is 0 Å². The van der Waals surface area contributed by atoms with Crippen LogP contribution in [0.5, 0.6) is 0 Å². The average molecular weight is 247 g/mol. The van der Waals surface area contributed by atoms with Crippen molar-refractivity contribution in [1.29, 1.82) is 0 Å². The quantitative estimate of drug-likeness (QED) is 0.796. The van der Waals surface area contributed by atoms with Crippen LogP contribution in [-0.2, 0) is 4.74 Å². The van der Waals surface area contributed by atoms with E-state index in [4.69, 9.17) is 4.74 Å². The maximum absolute atomic E-state index is 6.05. The van der Waals surface area contributed by atoms with Crippen LogP contribution in [-0.4, -0.2) is 20.2 Å². The number of nitrogens with one attached hydrogen (secondary N) is 1. The van der Waals surface area contributed by atoms with E-state index in [1.807, 2.05) is 7.05 Å². The van der Waals surface area contributed by atoms with Crippen LogP contribution in [0, 0.1) is 12.8 Å². The summed E-state index contributed by atoms with van der Waals surface area (Å²) in [5.41, 5.74) is 2.58. The third-order valence-electron chi connectivity index (χ3n) is 3.91. The molecular formula is C16H25NO. The largest absolute Gasteiger partial charge is 0.372 e. The molecule has 1 aromatic carbocycles. The van der Waals surface area contributed by atoms with E-state index in [0.29, 0.717) is 0 Å². The van der Waals surface area contributed by atoms with Crippen LogP contribution in [0.2, 0.25) is 0 Å². The van der Waals surface area contributed by atoms with Crippen molar-refractivity contribution in [3.63, 3.8) is 0 Å². The van der Waals surface area contributed by atoms with Crippen molar-refractivity contribution in [2.45, 2.75) is 38.7 Å². The number of ether oxygens (including phenoxy) is 1. The molecule has 0 heterocycles. The first-order valence-corrected chi connectivity index (χ1v) is 7.12. The van der Waals surface area contributed by atoms with E-state index >= 15 is 0 Å². The molecule has 1 N–H and O–H groups in total. The highest BCUT2D eigenvalue weighted by atomic mass is 16.5. The van der Waals surface area contributed by atoms with Gasteiger partial charge in [0.1, 0.15) is 0 Å². The van der Waals surface area contributed by atoms with Crippen molar-refractivity contribution in [1.82, 2.24) is 5.32 Å². The molecular weight excluding hydrogens is 222 g/mol. The van der Waals surface area contributed by atoms with Crippen molar-refractivity contribution in [2.75, 3.05) is 20.2 Å². The molecule has 0 aliphatic heterocycles. The summed E-state index contributed by atoms with van der Waals surface area (Å²) in [6, 6.07) is 8.68. The fourth-order valence-electron chi connectivity index (χ4n) is 2.40. The predicted molar refractivity (Wildman–Crippen MR) is 75.8 cm³/mol. The number of likely N-dealkylation sites (N-methyl/N-ethyl adjacent to an activating group) is 1. The van der Waals surface area contributed by atoms with Crippen LogP contribution in [0.3, 0.4) is 0 Å². The number of hydrogen-bond acceptors (Lipinski definition) is 2. The van der Waals surface area contributed by atoms with Gasteiger partial charge in [-0.2, -0.15) is 0 Å². The molecule has 1 aliphatic carbocycles. The second-order valence-electron chi connectivity index (χ2n) is 5.41. The van der Waals surface area contributed by atoms with Gasteiger partial charge >= 0.3 is 0 Å². The number of rotatable bonds is 7. The van der Waals surface area contributed by atoms with Crippen molar-refractivity contribution < 1.29 is 4.74 Å². The summed E-state index contributed by atoms with van der Waals surface area (Å²) in [7, 11) is 1.98. The van der Waals surface area contributed by atoms with Gasteiger partial charge in [0.05, 0.1) is 6.10 Å². The number of benzene rings is 1. The zero-order chi connectivity index (χ0) is 12.8. The van der Waals surface area contributed by atoms with Crippen LogP contribution in [0.4, 0.5) is 0 Å². The van der Waals surface area contributed by atoms with E-state index in [1.54, 1.807) is 0 Å². The molecule has 100 valence electrons. The molecule has 0 radical (unpaired) electrons. The zero-order valence-corrected chi connectivity index (χ0v) is 11.6. The van der Waals surface area contributed by atoms with Crippen LogP contribution >= 0.6 is 0 Å².